The van der Waals surface area contributed by atoms with Crippen molar-refractivity contribution in [3.63, 3.8) is 0 Å². The van der Waals surface area contributed by atoms with Crippen LogP contribution in [-0.2, 0) is 6.54 Å². The Kier molecular flexibility index (Phi) is 6.81. The number of rotatable bonds is 8. The van der Waals surface area contributed by atoms with E-state index in [1.807, 2.05) is 0 Å². The molecular weight excluding hydrogens is 283 g/mol. The van der Waals surface area contributed by atoms with Crippen LogP contribution in [0.15, 0.2) is 18.2 Å². The van der Waals surface area contributed by atoms with E-state index in [4.69, 9.17) is 9.47 Å². The lowest BCUT2D eigenvalue weighted by atomic mass is 10.1. The number of halogens is 3. The van der Waals surface area contributed by atoms with Crippen LogP contribution in [-0.4, -0.2) is 25.9 Å². The number of ether oxygens (including phenoxy) is 2. The lowest BCUT2D eigenvalue weighted by Crippen LogP contribution is -2.22. The molecule has 0 unspecified atom stereocenters. The second-order valence-electron chi connectivity index (χ2n) is 5.11. The first kappa shape index (κ1) is 17.6. The molecule has 0 saturated heterocycles. The summed E-state index contributed by atoms with van der Waals surface area (Å²) in [5.41, 5.74) is 0.658. The molecule has 0 aliphatic carbocycles. The van der Waals surface area contributed by atoms with Crippen LogP contribution in [0.1, 0.15) is 26.3 Å². The molecule has 0 atom stereocenters. The van der Waals surface area contributed by atoms with Crippen LogP contribution in [0.4, 0.5) is 13.2 Å². The van der Waals surface area contributed by atoms with Crippen molar-refractivity contribution in [1.82, 2.24) is 5.32 Å². The van der Waals surface area contributed by atoms with Gasteiger partial charge in [0, 0.05) is 12.1 Å². The zero-order valence-electron chi connectivity index (χ0n) is 12.6. The lowest BCUT2D eigenvalue weighted by molar-refractivity contribution is -0.153. The monoisotopic (exact) mass is 305 g/mol. The Morgan fingerprint density at radius 2 is 1.90 bits per heavy atom. The fraction of sp³-hybridized carbons (Fsp3) is 0.600. The van der Waals surface area contributed by atoms with Crippen molar-refractivity contribution in [3.05, 3.63) is 23.8 Å². The van der Waals surface area contributed by atoms with Gasteiger partial charge in [-0.25, -0.2) is 0 Å². The van der Waals surface area contributed by atoms with Crippen molar-refractivity contribution in [2.24, 2.45) is 5.92 Å². The molecule has 0 aliphatic heterocycles. The highest BCUT2D eigenvalue weighted by Crippen LogP contribution is 2.32. The van der Waals surface area contributed by atoms with Crippen LogP contribution in [0.2, 0.25) is 0 Å². The van der Waals surface area contributed by atoms with Crippen LogP contribution in [0.25, 0.3) is 0 Å². The third-order valence-electron chi connectivity index (χ3n) is 2.61. The van der Waals surface area contributed by atoms with Crippen LogP contribution in [0.5, 0.6) is 11.5 Å². The molecule has 0 heterocycles. The summed E-state index contributed by atoms with van der Waals surface area (Å²) in [5, 5.41) is 3.19. The first-order valence-corrected chi connectivity index (χ1v) is 6.98. The third-order valence-corrected chi connectivity index (χ3v) is 2.61. The van der Waals surface area contributed by atoms with E-state index in [1.165, 1.54) is 0 Å². The minimum atomic E-state index is -4.37. The summed E-state index contributed by atoms with van der Waals surface area (Å²) in [4.78, 5) is 0. The minimum Gasteiger partial charge on any atom is -0.490 e. The number of hydrogen-bond donors (Lipinski definition) is 1. The second kappa shape index (κ2) is 8.12. The predicted octanol–water partition coefficient (Wildman–Crippen LogP) is 3.77. The van der Waals surface area contributed by atoms with Gasteiger partial charge in [-0.15, -0.1) is 0 Å². The van der Waals surface area contributed by atoms with Crippen molar-refractivity contribution >= 4 is 0 Å². The Labute approximate surface area is 123 Å². The van der Waals surface area contributed by atoms with Crippen molar-refractivity contribution in [3.8, 4) is 11.5 Å². The highest BCUT2D eigenvalue weighted by molar-refractivity contribution is 5.46. The molecule has 1 aromatic carbocycles. The molecule has 0 bridgehead atoms. The molecule has 0 amide bonds. The number of nitrogens with one attached hydrogen (secondary N) is 1. The Hall–Kier alpha value is -1.43. The maximum Gasteiger partial charge on any atom is 0.422 e. The Bertz CT molecular complexity index is 433. The van der Waals surface area contributed by atoms with E-state index in [9.17, 15) is 13.2 Å². The summed E-state index contributed by atoms with van der Waals surface area (Å²) in [7, 11) is 0. The van der Waals surface area contributed by atoms with Gasteiger partial charge in [0.1, 0.15) is 0 Å². The molecule has 0 radical (unpaired) electrons. The fourth-order valence-electron chi connectivity index (χ4n) is 1.78. The lowest BCUT2D eigenvalue weighted by Gasteiger charge is -2.17. The zero-order chi connectivity index (χ0) is 15.9. The van der Waals surface area contributed by atoms with Crippen LogP contribution in [0.3, 0.4) is 0 Å². The summed E-state index contributed by atoms with van der Waals surface area (Å²) in [6.07, 6.45) is -4.37. The molecule has 21 heavy (non-hydrogen) atoms. The summed E-state index contributed by atoms with van der Waals surface area (Å²) in [6, 6.07) is 5.10. The van der Waals surface area contributed by atoms with E-state index in [0.717, 1.165) is 6.54 Å². The number of alkyl halides is 3. The van der Waals surface area contributed by atoms with E-state index in [-0.39, 0.29) is 5.75 Å². The quantitative estimate of drug-likeness (QED) is 0.793. The van der Waals surface area contributed by atoms with E-state index < -0.39 is 12.8 Å². The van der Waals surface area contributed by atoms with Gasteiger partial charge < -0.3 is 14.8 Å². The number of hydrogen-bond acceptors (Lipinski definition) is 3. The topological polar surface area (TPSA) is 30.5 Å². The molecule has 1 rings (SSSR count). The van der Waals surface area contributed by atoms with E-state index in [2.05, 4.69) is 19.2 Å². The van der Waals surface area contributed by atoms with Gasteiger partial charge >= 0.3 is 6.18 Å². The first-order valence-electron chi connectivity index (χ1n) is 6.98. The summed E-state index contributed by atoms with van der Waals surface area (Å²) in [5.74, 6) is 0.957. The van der Waals surface area contributed by atoms with Crippen molar-refractivity contribution in [2.75, 3.05) is 19.8 Å². The van der Waals surface area contributed by atoms with Gasteiger partial charge in [-0.05, 0) is 25.5 Å². The van der Waals surface area contributed by atoms with Gasteiger partial charge in [0.05, 0.1) is 6.61 Å². The molecule has 0 spiro atoms. The maximum absolute atomic E-state index is 12.4. The highest BCUT2D eigenvalue weighted by Gasteiger charge is 2.29. The largest absolute Gasteiger partial charge is 0.490 e. The van der Waals surface area contributed by atoms with Gasteiger partial charge in [0.25, 0.3) is 0 Å². The molecular formula is C15H22F3NO2. The second-order valence-corrected chi connectivity index (χ2v) is 5.11. The van der Waals surface area contributed by atoms with E-state index >= 15 is 0 Å². The molecule has 6 heteroatoms. The molecule has 3 nitrogen and oxygen atoms in total. The summed E-state index contributed by atoms with van der Waals surface area (Å²) < 4.78 is 47.4. The van der Waals surface area contributed by atoms with Crippen LogP contribution < -0.4 is 14.8 Å². The van der Waals surface area contributed by atoms with Crippen molar-refractivity contribution in [1.29, 1.82) is 0 Å². The fourth-order valence-corrected chi connectivity index (χ4v) is 1.78. The Morgan fingerprint density at radius 1 is 1.19 bits per heavy atom. The number of para-hydroxylation sites is 1. The zero-order valence-corrected chi connectivity index (χ0v) is 12.6. The van der Waals surface area contributed by atoms with Crippen LogP contribution in [0, 0.1) is 5.92 Å². The molecule has 1 N–H and O–H groups in total. The van der Waals surface area contributed by atoms with Gasteiger partial charge in [0.2, 0.25) is 0 Å². The molecule has 1 aromatic rings. The third kappa shape index (κ3) is 6.71. The first-order chi connectivity index (χ1) is 9.83. The minimum absolute atomic E-state index is 0.160. The molecule has 120 valence electrons. The van der Waals surface area contributed by atoms with Gasteiger partial charge in [0.15, 0.2) is 18.1 Å². The Balaban J connectivity index is 2.86. The smallest absolute Gasteiger partial charge is 0.422 e. The average molecular weight is 305 g/mol. The summed E-state index contributed by atoms with van der Waals surface area (Å²) >= 11 is 0. The molecule has 0 saturated carbocycles. The SMILES string of the molecule is CCOc1cccc(CNCC(C)C)c1OCC(F)(F)F. The van der Waals surface area contributed by atoms with Crippen LogP contribution >= 0.6 is 0 Å². The standard InChI is InChI=1S/C15H22F3NO2/c1-4-20-13-7-5-6-12(9-19-8-11(2)3)14(13)21-10-15(16,17)18/h5-7,11,19H,4,8-10H2,1-3H3. The van der Waals surface area contributed by atoms with Gasteiger partial charge in [-0.2, -0.15) is 13.2 Å². The maximum atomic E-state index is 12.4. The molecule has 0 aliphatic rings. The highest BCUT2D eigenvalue weighted by atomic mass is 19.4. The Morgan fingerprint density at radius 3 is 2.48 bits per heavy atom. The molecule has 0 fully saturated rings. The average Bonchev–Trinajstić information content (AvgIpc) is 2.36. The number of benzene rings is 1. The van der Waals surface area contributed by atoms with Gasteiger partial charge in [-0.1, -0.05) is 26.0 Å². The van der Waals surface area contributed by atoms with Crippen molar-refractivity contribution in [2.45, 2.75) is 33.5 Å². The summed E-state index contributed by atoms with van der Waals surface area (Å²) in [6.45, 7) is 6.15. The van der Waals surface area contributed by atoms with E-state index in [0.29, 0.717) is 30.4 Å². The predicted molar refractivity (Wildman–Crippen MR) is 75.7 cm³/mol. The van der Waals surface area contributed by atoms with E-state index in [1.54, 1.807) is 25.1 Å². The van der Waals surface area contributed by atoms with Gasteiger partial charge in [-0.3, -0.25) is 0 Å². The van der Waals surface area contributed by atoms with Crippen molar-refractivity contribution < 1.29 is 22.6 Å². The molecule has 0 aromatic heterocycles. The normalized spacial score (nSPS) is 11.8.